The molecular weight excluding hydrogens is 340 g/mol. The van der Waals surface area contributed by atoms with Crippen molar-refractivity contribution in [3.05, 3.63) is 59.7 Å². The van der Waals surface area contributed by atoms with Gasteiger partial charge in [-0.15, -0.1) is 0 Å². The molecule has 2 aromatic rings. The second-order valence-electron chi connectivity index (χ2n) is 7.17. The quantitative estimate of drug-likeness (QED) is 0.814. The molecule has 0 radical (unpaired) electrons. The second kappa shape index (κ2) is 8.35. The van der Waals surface area contributed by atoms with Gasteiger partial charge in [0, 0.05) is 31.5 Å². The number of para-hydroxylation sites is 1. The maximum atomic E-state index is 13.1. The number of ketones is 1. The first-order valence-electron chi connectivity index (χ1n) is 9.21. The van der Waals surface area contributed by atoms with E-state index in [-0.39, 0.29) is 17.6 Å². The molecule has 2 aromatic carbocycles. The van der Waals surface area contributed by atoms with Crippen molar-refractivity contribution in [2.45, 2.75) is 18.8 Å². The summed E-state index contributed by atoms with van der Waals surface area (Å²) in [5, 5.41) is 0. The van der Waals surface area contributed by atoms with Gasteiger partial charge in [-0.2, -0.15) is 0 Å². The van der Waals surface area contributed by atoms with Crippen molar-refractivity contribution in [1.29, 1.82) is 0 Å². The summed E-state index contributed by atoms with van der Waals surface area (Å²) in [5.41, 5.74) is 2.34. The number of benzene rings is 2. The number of nitrogens with zero attached hydrogens (tertiary/aromatic N) is 2. The molecule has 0 aromatic heterocycles. The average Bonchev–Trinajstić information content (AvgIpc) is 2.67. The molecule has 0 N–H and O–H groups in total. The minimum absolute atomic E-state index is 0.0534. The maximum absolute atomic E-state index is 13.1. The summed E-state index contributed by atoms with van der Waals surface area (Å²) in [6.07, 6.45) is 0.649. The van der Waals surface area contributed by atoms with Crippen LogP contribution in [0.3, 0.4) is 0 Å². The van der Waals surface area contributed by atoms with Gasteiger partial charge in [-0.1, -0.05) is 24.3 Å². The van der Waals surface area contributed by atoms with Gasteiger partial charge in [0.25, 0.3) is 0 Å². The lowest BCUT2D eigenvalue weighted by Crippen LogP contribution is -2.39. The third-order valence-electron chi connectivity index (χ3n) is 5.01. The van der Waals surface area contributed by atoms with Gasteiger partial charge >= 0.3 is 0 Å². The highest BCUT2D eigenvalue weighted by Crippen LogP contribution is 2.33. The molecule has 1 unspecified atom stereocenters. The Balaban J connectivity index is 1.95. The summed E-state index contributed by atoms with van der Waals surface area (Å²) in [4.78, 5) is 29.9. The van der Waals surface area contributed by atoms with Gasteiger partial charge in [-0.25, -0.2) is 0 Å². The lowest BCUT2D eigenvalue weighted by Gasteiger charge is -2.30. The van der Waals surface area contributed by atoms with E-state index in [1.165, 1.54) is 0 Å². The van der Waals surface area contributed by atoms with Crippen molar-refractivity contribution in [2.24, 2.45) is 0 Å². The minimum Gasteiger partial charge on any atom is -0.497 e. The van der Waals surface area contributed by atoms with Crippen LogP contribution in [0.5, 0.6) is 5.75 Å². The zero-order valence-electron chi connectivity index (χ0n) is 16.1. The van der Waals surface area contributed by atoms with Crippen LogP contribution in [0.15, 0.2) is 48.5 Å². The third-order valence-corrected chi connectivity index (χ3v) is 5.01. The molecule has 142 valence electrons. The monoisotopic (exact) mass is 366 g/mol. The van der Waals surface area contributed by atoms with E-state index in [0.717, 1.165) is 23.5 Å². The number of Topliss-reactive ketones (excluding diaryl/α,β-unsaturated/α-hetero) is 1. The van der Waals surface area contributed by atoms with E-state index in [9.17, 15) is 9.59 Å². The molecule has 1 heterocycles. The van der Waals surface area contributed by atoms with Crippen LogP contribution in [0.1, 0.15) is 34.7 Å². The first kappa shape index (κ1) is 19.1. The zero-order valence-corrected chi connectivity index (χ0v) is 16.1. The molecule has 0 spiro atoms. The van der Waals surface area contributed by atoms with Crippen LogP contribution >= 0.6 is 0 Å². The Morgan fingerprint density at radius 1 is 1.04 bits per heavy atom. The van der Waals surface area contributed by atoms with E-state index in [1.807, 2.05) is 67.5 Å². The molecule has 0 saturated carbocycles. The predicted octanol–water partition coefficient (Wildman–Crippen LogP) is 3.35. The van der Waals surface area contributed by atoms with Gasteiger partial charge in [0.05, 0.1) is 12.8 Å². The number of amides is 1. The molecule has 27 heavy (non-hydrogen) atoms. The van der Waals surface area contributed by atoms with Crippen molar-refractivity contribution in [3.63, 3.8) is 0 Å². The fraction of sp³-hybridized carbons (Fsp3) is 0.364. The van der Waals surface area contributed by atoms with E-state index in [4.69, 9.17) is 4.74 Å². The third kappa shape index (κ3) is 4.37. The van der Waals surface area contributed by atoms with E-state index in [1.54, 1.807) is 12.0 Å². The Labute approximate surface area is 160 Å². The highest BCUT2D eigenvalue weighted by atomic mass is 16.5. The molecule has 3 rings (SSSR count). The fourth-order valence-corrected chi connectivity index (χ4v) is 3.46. The van der Waals surface area contributed by atoms with Crippen molar-refractivity contribution in [3.8, 4) is 5.75 Å². The van der Waals surface area contributed by atoms with Crippen LogP contribution in [0, 0.1) is 0 Å². The molecule has 0 saturated heterocycles. The number of carbonyl (C=O) groups excluding carboxylic acids is 2. The number of hydrogen-bond acceptors (Lipinski definition) is 4. The molecule has 0 fully saturated rings. The SMILES string of the molecule is COc1ccc(C2CC(=O)c3ccccc3N(CCN(C)C)C(=O)C2)cc1. The number of carbonyl (C=O) groups is 2. The van der Waals surface area contributed by atoms with Crippen molar-refractivity contribution >= 4 is 17.4 Å². The predicted molar refractivity (Wildman–Crippen MR) is 107 cm³/mol. The van der Waals surface area contributed by atoms with Gasteiger partial charge in [0.1, 0.15) is 5.75 Å². The summed E-state index contributed by atoms with van der Waals surface area (Å²) in [6.45, 7) is 1.30. The standard InChI is InChI=1S/C22H26N2O3/c1-23(2)12-13-24-20-7-5-4-6-19(20)21(25)14-17(15-22(24)26)16-8-10-18(27-3)11-9-16/h4-11,17H,12-15H2,1-3H3. The first-order chi connectivity index (χ1) is 13.0. The van der Waals surface area contributed by atoms with Crippen molar-refractivity contribution in [1.82, 2.24) is 4.90 Å². The normalized spacial score (nSPS) is 17.5. The molecule has 1 aliphatic rings. The summed E-state index contributed by atoms with van der Waals surface area (Å²) in [6, 6.07) is 15.1. The van der Waals surface area contributed by atoms with Gasteiger partial charge < -0.3 is 14.5 Å². The van der Waals surface area contributed by atoms with Crippen LogP contribution in [0.2, 0.25) is 0 Å². The van der Waals surface area contributed by atoms with Crippen LogP contribution < -0.4 is 9.64 Å². The highest BCUT2D eigenvalue weighted by Gasteiger charge is 2.30. The number of ether oxygens (including phenoxy) is 1. The molecule has 1 amide bonds. The highest BCUT2D eigenvalue weighted by molar-refractivity contribution is 6.07. The lowest BCUT2D eigenvalue weighted by molar-refractivity contribution is -0.119. The largest absolute Gasteiger partial charge is 0.497 e. The summed E-state index contributed by atoms with van der Waals surface area (Å²) in [7, 11) is 5.58. The zero-order chi connectivity index (χ0) is 19.4. The minimum atomic E-state index is -0.133. The van der Waals surface area contributed by atoms with Gasteiger partial charge in [0.2, 0.25) is 5.91 Å². The number of likely N-dealkylation sites (N-methyl/N-ethyl adjacent to an activating group) is 1. The van der Waals surface area contributed by atoms with Gasteiger partial charge in [-0.05, 0) is 49.8 Å². The number of methoxy groups -OCH3 is 1. The number of fused-ring (bicyclic) bond motifs is 1. The van der Waals surface area contributed by atoms with Crippen LogP contribution in [-0.2, 0) is 4.79 Å². The molecule has 5 nitrogen and oxygen atoms in total. The smallest absolute Gasteiger partial charge is 0.227 e. The topological polar surface area (TPSA) is 49.9 Å². The van der Waals surface area contributed by atoms with Crippen LogP contribution in [0.4, 0.5) is 5.69 Å². The van der Waals surface area contributed by atoms with Crippen LogP contribution in [-0.4, -0.2) is 50.9 Å². The van der Waals surface area contributed by atoms with E-state index in [0.29, 0.717) is 24.9 Å². The Bertz CT molecular complexity index is 815. The van der Waals surface area contributed by atoms with E-state index in [2.05, 4.69) is 0 Å². The Kier molecular flexibility index (Phi) is 5.91. The second-order valence-corrected chi connectivity index (χ2v) is 7.17. The summed E-state index contributed by atoms with van der Waals surface area (Å²) < 4.78 is 5.21. The molecule has 5 heteroatoms. The Morgan fingerprint density at radius 3 is 2.41 bits per heavy atom. The van der Waals surface area contributed by atoms with E-state index >= 15 is 0 Å². The summed E-state index contributed by atoms with van der Waals surface area (Å²) >= 11 is 0. The Morgan fingerprint density at radius 2 is 1.74 bits per heavy atom. The number of rotatable bonds is 5. The van der Waals surface area contributed by atoms with Gasteiger partial charge in [0.15, 0.2) is 5.78 Å². The molecule has 1 atom stereocenters. The number of anilines is 1. The molecule has 1 aliphatic heterocycles. The van der Waals surface area contributed by atoms with Crippen LogP contribution in [0.25, 0.3) is 0 Å². The number of hydrogen-bond donors (Lipinski definition) is 0. The van der Waals surface area contributed by atoms with Crippen molar-refractivity contribution in [2.75, 3.05) is 39.2 Å². The van der Waals surface area contributed by atoms with Crippen molar-refractivity contribution < 1.29 is 14.3 Å². The fourth-order valence-electron chi connectivity index (χ4n) is 3.46. The molecule has 0 bridgehead atoms. The molecule has 0 aliphatic carbocycles. The average molecular weight is 366 g/mol. The lowest BCUT2D eigenvalue weighted by atomic mass is 9.86. The van der Waals surface area contributed by atoms with E-state index < -0.39 is 0 Å². The maximum Gasteiger partial charge on any atom is 0.227 e. The first-order valence-corrected chi connectivity index (χ1v) is 9.21. The molecular formula is C22H26N2O3. The van der Waals surface area contributed by atoms with Gasteiger partial charge in [-0.3, -0.25) is 9.59 Å². The Hall–Kier alpha value is -2.66. The summed E-state index contributed by atoms with van der Waals surface area (Å²) in [5.74, 6) is 0.762.